The zero-order valence-electron chi connectivity index (χ0n) is 15.1. The van der Waals surface area contributed by atoms with Gasteiger partial charge in [0.1, 0.15) is 5.60 Å². The molecule has 2 atom stereocenters. The number of carbonyl (C=O) groups excluding carboxylic acids is 1. The number of carbonyl (C=O) groups is 1. The number of benzene rings is 1. The summed E-state index contributed by atoms with van der Waals surface area (Å²) in [5.74, 6) is 1.36. The minimum absolute atomic E-state index is 0.166. The highest BCUT2D eigenvalue weighted by molar-refractivity contribution is 5.68. The predicted octanol–water partition coefficient (Wildman–Crippen LogP) is 3.78. The van der Waals surface area contributed by atoms with E-state index >= 15 is 0 Å². The van der Waals surface area contributed by atoms with Crippen LogP contribution >= 0.6 is 0 Å². The second-order valence-electron chi connectivity index (χ2n) is 8.18. The number of nitrogens with zero attached hydrogens (tertiary/aromatic N) is 1. The van der Waals surface area contributed by atoms with E-state index in [-0.39, 0.29) is 6.09 Å². The first-order chi connectivity index (χ1) is 11.4. The Kier molecular flexibility index (Phi) is 5.14. The van der Waals surface area contributed by atoms with Gasteiger partial charge in [-0.1, -0.05) is 30.3 Å². The van der Waals surface area contributed by atoms with E-state index in [2.05, 4.69) is 35.6 Å². The molecule has 1 amide bonds. The number of amides is 1. The SMILES string of the molecule is CC(C)(C)OC(=O)N1CCC(CNC2C[C@@H]2c2ccccc2)CC1. The number of ether oxygens (including phenoxy) is 1. The van der Waals surface area contributed by atoms with Crippen LogP contribution in [0, 0.1) is 5.92 Å². The van der Waals surface area contributed by atoms with E-state index in [9.17, 15) is 4.79 Å². The zero-order valence-corrected chi connectivity index (χ0v) is 15.1. The van der Waals surface area contributed by atoms with Gasteiger partial charge in [-0.15, -0.1) is 0 Å². The average Bonchev–Trinajstić information content (AvgIpc) is 3.32. The molecule has 2 fully saturated rings. The topological polar surface area (TPSA) is 41.6 Å². The Bertz CT molecular complexity index is 545. The lowest BCUT2D eigenvalue weighted by molar-refractivity contribution is 0.0184. The van der Waals surface area contributed by atoms with Gasteiger partial charge in [0.25, 0.3) is 0 Å². The molecule has 1 saturated carbocycles. The first kappa shape index (κ1) is 17.3. The third kappa shape index (κ3) is 4.73. The quantitative estimate of drug-likeness (QED) is 0.913. The molecule has 1 aliphatic heterocycles. The van der Waals surface area contributed by atoms with Crippen LogP contribution in [0.5, 0.6) is 0 Å². The molecule has 1 aliphatic carbocycles. The van der Waals surface area contributed by atoms with E-state index in [1.54, 1.807) is 0 Å². The monoisotopic (exact) mass is 330 g/mol. The van der Waals surface area contributed by atoms with Crippen LogP contribution in [-0.2, 0) is 4.74 Å². The molecule has 1 heterocycles. The van der Waals surface area contributed by atoms with E-state index in [4.69, 9.17) is 4.74 Å². The summed E-state index contributed by atoms with van der Waals surface area (Å²) >= 11 is 0. The summed E-state index contributed by atoms with van der Waals surface area (Å²) in [6.07, 6.45) is 3.21. The first-order valence-electron chi connectivity index (χ1n) is 9.18. The molecule has 2 aliphatic rings. The smallest absolute Gasteiger partial charge is 0.410 e. The lowest BCUT2D eigenvalue weighted by atomic mass is 9.97. The van der Waals surface area contributed by atoms with E-state index < -0.39 is 5.60 Å². The van der Waals surface area contributed by atoms with Crippen LogP contribution < -0.4 is 5.32 Å². The molecular formula is C20H30N2O2. The number of likely N-dealkylation sites (tertiary alicyclic amines) is 1. The Balaban J connectivity index is 1.36. The summed E-state index contributed by atoms with van der Waals surface area (Å²) in [6.45, 7) is 8.44. The van der Waals surface area contributed by atoms with Crippen LogP contribution in [0.1, 0.15) is 51.5 Å². The zero-order chi connectivity index (χ0) is 17.2. The Morgan fingerprint density at radius 2 is 1.88 bits per heavy atom. The van der Waals surface area contributed by atoms with Crippen molar-refractivity contribution in [2.75, 3.05) is 19.6 Å². The van der Waals surface area contributed by atoms with Gasteiger partial charge in [0.05, 0.1) is 0 Å². The second kappa shape index (κ2) is 7.14. The number of hydrogen-bond acceptors (Lipinski definition) is 3. The van der Waals surface area contributed by atoms with Crippen LogP contribution in [0.15, 0.2) is 30.3 Å². The minimum atomic E-state index is -0.409. The first-order valence-corrected chi connectivity index (χ1v) is 9.18. The highest BCUT2D eigenvalue weighted by atomic mass is 16.6. The van der Waals surface area contributed by atoms with Gasteiger partial charge in [-0.3, -0.25) is 0 Å². The predicted molar refractivity (Wildman–Crippen MR) is 96.1 cm³/mol. The second-order valence-corrected chi connectivity index (χ2v) is 8.18. The third-order valence-electron chi connectivity index (χ3n) is 4.95. The molecule has 1 aromatic rings. The summed E-state index contributed by atoms with van der Waals surface area (Å²) in [7, 11) is 0. The molecule has 0 radical (unpaired) electrons. The van der Waals surface area contributed by atoms with Gasteiger partial charge in [0.15, 0.2) is 0 Å². The maximum atomic E-state index is 12.1. The van der Waals surface area contributed by atoms with Crippen LogP contribution in [0.4, 0.5) is 4.79 Å². The van der Waals surface area contributed by atoms with E-state index in [0.717, 1.165) is 32.5 Å². The minimum Gasteiger partial charge on any atom is -0.444 e. The van der Waals surface area contributed by atoms with Crippen molar-refractivity contribution >= 4 is 6.09 Å². The van der Waals surface area contributed by atoms with E-state index in [0.29, 0.717) is 17.9 Å². The van der Waals surface area contributed by atoms with Crippen molar-refractivity contribution in [2.24, 2.45) is 5.92 Å². The van der Waals surface area contributed by atoms with Gasteiger partial charge < -0.3 is 15.0 Å². The largest absolute Gasteiger partial charge is 0.444 e. The molecule has 1 aromatic carbocycles. The molecule has 4 nitrogen and oxygen atoms in total. The highest BCUT2D eigenvalue weighted by Crippen LogP contribution is 2.40. The molecule has 1 saturated heterocycles. The standard InChI is InChI=1S/C20H30N2O2/c1-20(2,3)24-19(23)22-11-9-15(10-12-22)14-21-18-13-17(18)16-7-5-4-6-8-16/h4-8,15,17-18,21H,9-14H2,1-3H3/t17-,18?/m1/s1. The van der Waals surface area contributed by atoms with Crippen LogP contribution in [0.3, 0.4) is 0 Å². The van der Waals surface area contributed by atoms with Crippen molar-refractivity contribution in [3.63, 3.8) is 0 Å². The van der Waals surface area contributed by atoms with Crippen molar-refractivity contribution < 1.29 is 9.53 Å². The summed E-state index contributed by atoms with van der Waals surface area (Å²) in [6, 6.07) is 11.4. The fraction of sp³-hybridized carbons (Fsp3) is 0.650. The van der Waals surface area contributed by atoms with Gasteiger partial charge in [0.2, 0.25) is 0 Å². The maximum Gasteiger partial charge on any atom is 0.410 e. The lowest BCUT2D eigenvalue weighted by Gasteiger charge is -2.33. The molecule has 0 bridgehead atoms. The highest BCUT2D eigenvalue weighted by Gasteiger charge is 2.38. The molecule has 4 heteroatoms. The Hall–Kier alpha value is -1.55. The van der Waals surface area contributed by atoms with Crippen molar-refractivity contribution in [1.29, 1.82) is 0 Å². The summed E-state index contributed by atoms with van der Waals surface area (Å²) in [5, 5.41) is 3.72. The molecule has 1 N–H and O–H groups in total. The van der Waals surface area contributed by atoms with Gasteiger partial charge in [-0.25, -0.2) is 4.79 Å². The molecule has 1 unspecified atom stereocenters. The fourth-order valence-corrected chi connectivity index (χ4v) is 3.45. The van der Waals surface area contributed by atoms with Crippen LogP contribution in [0.25, 0.3) is 0 Å². The summed E-state index contributed by atoms with van der Waals surface area (Å²) in [5.41, 5.74) is 1.04. The number of nitrogens with one attached hydrogen (secondary N) is 1. The Morgan fingerprint density at radius 1 is 1.21 bits per heavy atom. The van der Waals surface area contributed by atoms with Gasteiger partial charge in [-0.05, 0) is 58.1 Å². The van der Waals surface area contributed by atoms with Gasteiger partial charge in [-0.2, -0.15) is 0 Å². The molecule has 0 aromatic heterocycles. The van der Waals surface area contributed by atoms with Crippen molar-refractivity contribution in [3.05, 3.63) is 35.9 Å². The number of hydrogen-bond donors (Lipinski definition) is 1. The van der Waals surface area contributed by atoms with Crippen molar-refractivity contribution in [2.45, 2.75) is 57.6 Å². The number of piperidine rings is 1. The normalized spacial score (nSPS) is 24.7. The molecule has 3 rings (SSSR count). The molecule has 132 valence electrons. The Labute approximate surface area is 145 Å². The Morgan fingerprint density at radius 3 is 2.50 bits per heavy atom. The molecular weight excluding hydrogens is 300 g/mol. The van der Waals surface area contributed by atoms with Crippen molar-refractivity contribution in [1.82, 2.24) is 10.2 Å². The van der Waals surface area contributed by atoms with Crippen LogP contribution in [0.2, 0.25) is 0 Å². The third-order valence-corrected chi connectivity index (χ3v) is 4.95. The average molecular weight is 330 g/mol. The fourth-order valence-electron chi connectivity index (χ4n) is 3.45. The van der Waals surface area contributed by atoms with E-state index in [1.807, 2.05) is 25.7 Å². The molecule has 24 heavy (non-hydrogen) atoms. The summed E-state index contributed by atoms with van der Waals surface area (Å²) < 4.78 is 5.46. The van der Waals surface area contributed by atoms with E-state index in [1.165, 1.54) is 12.0 Å². The molecule has 0 spiro atoms. The lowest BCUT2D eigenvalue weighted by Crippen LogP contribution is -2.43. The summed E-state index contributed by atoms with van der Waals surface area (Å²) in [4.78, 5) is 13.9. The van der Waals surface area contributed by atoms with Crippen LogP contribution in [-0.4, -0.2) is 42.3 Å². The van der Waals surface area contributed by atoms with Gasteiger partial charge >= 0.3 is 6.09 Å². The number of rotatable bonds is 4. The van der Waals surface area contributed by atoms with Crippen molar-refractivity contribution in [3.8, 4) is 0 Å². The maximum absolute atomic E-state index is 12.1. The van der Waals surface area contributed by atoms with Gasteiger partial charge in [0, 0.05) is 25.0 Å².